The van der Waals surface area contributed by atoms with Gasteiger partial charge in [-0.2, -0.15) is 0 Å². The Morgan fingerprint density at radius 3 is 2.87 bits per heavy atom. The summed E-state index contributed by atoms with van der Waals surface area (Å²) in [5.41, 5.74) is 8.49. The Morgan fingerprint density at radius 2 is 2.10 bits per heavy atom. The van der Waals surface area contributed by atoms with Gasteiger partial charge in [0.2, 0.25) is 5.91 Å². The first-order chi connectivity index (χ1) is 14.7. The molecule has 3 saturated heterocycles. The van der Waals surface area contributed by atoms with Crippen LogP contribution in [0.2, 0.25) is 0 Å². The lowest BCUT2D eigenvalue weighted by Gasteiger charge is -2.46. The number of hydrogen-bond acceptors (Lipinski definition) is 4. The van der Waals surface area contributed by atoms with Crippen LogP contribution in [-0.2, 0) is 11.3 Å². The molecule has 4 N–H and O–H groups in total. The molecule has 2 aromatic rings. The van der Waals surface area contributed by atoms with Crippen LogP contribution in [0.1, 0.15) is 44.9 Å². The Balaban J connectivity index is 1.20. The Labute approximate surface area is 178 Å². The molecule has 6 rings (SSSR count). The lowest BCUT2D eigenvalue weighted by molar-refractivity contribution is -0.945. The summed E-state index contributed by atoms with van der Waals surface area (Å²) in [5, 5.41) is 12.1. The molecule has 1 aromatic carbocycles. The van der Waals surface area contributed by atoms with Gasteiger partial charge < -0.3 is 16.0 Å². The molecule has 2 bridgehead atoms. The van der Waals surface area contributed by atoms with E-state index in [4.69, 9.17) is 5.73 Å². The number of rotatable bonds is 5. The number of nitrogen functional groups attached to an aromatic ring is 1. The van der Waals surface area contributed by atoms with Crippen LogP contribution in [0, 0.1) is 11.8 Å². The van der Waals surface area contributed by atoms with E-state index >= 15 is 0 Å². The number of nitrogens with two attached hydrogens (primary N) is 1. The molecule has 1 amide bonds. The van der Waals surface area contributed by atoms with Crippen molar-refractivity contribution < 1.29 is 9.69 Å². The zero-order valence-electron chi connectivity index (χ0n) is 17.6. The number of nitrogens with zero attached hydrogens (tertiary/aromatic N) is 3. The van der Waals surface area contributed by atoms with Gasteiger partial charge in [0.15, 0.2) is 0 Å². The number of fused-ring (bicyclic) bond motifs is 3. The van der Waals surface area contributed by atoms with Gasteiger partial charge in [-0.25, -0.2) is 4.68 Å². The van der Waals surface area contributed by atoms with Crippen LogP contribution in [0.4, 0.5) is 5.69 Å². The van der Waals surface area contributed by atoms with Crippen molar-refractivity contribution in [1.29, 1.82) is 0 Å². The highest BCUT2D eigenvalue weighted by Gasteiger charge is 2.46. The predicted molar refractivity (Wildman–Crippen MR) is 116 cm³/mol. The maximum Gasteiger partial charge on any atom is 0.229 e. The van der Waals surface area contributed by atoms with E-state index < -0.39 is 0 Å². The van der Waals surface area contributed by atoms with Gasteiger partial charge in [0.1, 0.15) is 11.7 Å². The molecule has 0 radical (unpaired) electrons. The second-order valence-electron chi connectivity index (χ2n) is 9.50. The zero-order chi connectivity index (χ0) is 20.5. The van der Waals surface area contributed by atoms with Gasteiger partial charge in [-0.3, -0.25) is 4.79 Å². The summed E-state index contributed by atoms with van der Waals surface area (Å²) in [4.78, 5) is 14.5. The van der Waals surface area contributed by atoms with Gasteiger partial charge in [-0.05, 0) is 30.9 Å². The minimum absolute atomic E-state index is 0.186. The summed E-state index contributed by atoms with van der Waals surface area (Å²) in [7, 11) is 0. The smallest absolute Gasteiger partial charge is 0.229 e. The highest BCUT2D eigenvalue weighted by Crippen LogP contribution is 2.29. The van der Waals surface area contributed by atoms with Gasteiger partial charge in [0.05, 0.1) is 31.7 Å². The largest absolute Gasteiger partial charge is 0.399 e. The van der Waals surface area contributed by atoms with Crippen molar-refractivity contribution in [1.82, 2.24) is 20.3 Å². The van der Waals surface area contributed by atoms with E-state index in [1.165, 1.54) is 32.2 Å². The van der Waals surface area contributed by atoms with E-state index in [1.807, 2.05) is 35.1 Å². The standard InChI is InChI=1S/C23H32N6O/c24-18-6-4-5-17(11-18)22-15-29(27-26-22)13-20-12-16-9-10-28(20)14-21(16)23(30)25-19-7-2-1-3-8-19/h4-6,11,15-16,19-21H,1-3,7-10,12-14,24H2,(H,25,30)/p+1/t16-,20-,21+/m1/s1. The fourth-order valence-electron chi connectivity index (χ4n) is 5.82. The first kappa shape index (κ1) is 19.5. The molecule has 7 heteroatoms. The summed E-state index contributed by atoms with van der Waals surface area (Å²) in [6.45, 7) is 2.99. The minimum atomic E-state index is 0.186. The molecule has 1 aliphatic carbocycles. The number of carbonyl (C=O) groups is 1. The quantitative estimate of drug-likeness (QED) is 0.649. The van der Waals surface area contributed by atoms with Gasteiger partial charge in [-0.1, -0.05) is 36.6 Å². The van der Waals surface area contributed by atoms with Crippen LogP contribution in [0.5, 0.6) is 0 Å². The van der Waals surface area contributed by atoms with E-state index in [0.29, 0.717) is 23.9 Å². The number of aromatic nitrogens is 3. The number of carbonyl (C=O) groups excluding carboxylic acids is 1. The van der Waals surface area contributed by atoms with Crippen molar-refractivity contribution in [3.05, 3.63) is 30.5 Å². The van der Waals surface area contributed by atoms with Gasteiger partial charge in [-0.15, -0.1) is 5.10 Å². The predicted octanol–water partition coefficient (Wildman–Crippen LogP) is 1.27. The molecule has 1 unspecified atom stereocenters. The Bertz CT molecular complexity index is 889. The average molecular weight is 410 g/mol. The summed E-state index contributed by atoms with van der Waals surface area (Å²) in [5.74, 6) is 1.01. The van der Waals surface area contributed by atoms with Crippen LogP contribution >= 0.6 is 0 Å². The number of quaternary nitrogens is 1. The highest BCUT2D eigenvalue weighted by atomic mass is 16.2. The van der Waals surface area contributed by atoms with Crippen molar-refractivity contribution in [3.63, 3.8) is 0 Å². The molecule has 1 saturated carbocycles. The molecule has 4 atom stereocenters. The van der Waals surface area contributed by atoms with Crippen LogP contribution in [0.3, 0.4) is 0 Å². The maximum absolute atomic E-state index is 12.9. The van der Waals surface area contributed by atoms with Crippen molar-refractivity contribution in [2.75, 3.05) is 18.8 Å². The van der Waals surface area contributed by atoms with E-state index in [1.54, 1.807) is 4.90 Å². The topological polar surface area (TPSA) is 90.3 Å². The van der Waals surface area contributed by atoms with Crippen molar-refractivity contribution in [3.8, 4) is 11.3 Å². The van der Waals surface area contributed by atoms with Gasteiger partial charge >= 0.3 is 0 Å². The Kier molecular flexibility index (Phi) is 5.46. The minimum Gasteiger partial charge on any atom is -0.399 e. The van der Waals surface area contributed by atoms with Crippen molar-refractivity contribution in [2.45, 2.75) is 63.6 Å². The summed E-state index contributed by atoms with van der Waals surface area (Å²) in [6.07, 6.45) is 10.4. The molecule has 4 heterocycles. The number of amides is 1. The molecule has 30 heavy (non-hydrogen) atoms. The van der Waals surface area contributed by atoms with Crippen molar-refractivity contribution >= 4 is 11.6 Å². The second kappa shape index (κ2) is 8.38. The summed E-state index contributed by atoms with van der Waals surface area (Å²) >= 11 is 0. The SMILES string of the molecule is Nc1cccc(-c2cn(C[C@H]3C[C@H]4CC[NH+]3C[C@@H]4C(=O)NC3CCCCC3)nn2)c1. The lowest BCUT2D eigenvalue weighted by atomic mass is 9.75. The molecule has 1 aromatic heterocycles. The van der Waals surface area contributed by atoms with E-state index in [-0.39, 0.29) is 5.92 Å². The van der Waals surface area contributed by atoms with E-state index in [0.717, 1.165) is 49.3 Å². The third-order valence-electron chi connectivity index (χ3n) is 7.47. The summed E-state index contributed by atoms with van der Waals surface area (Å²) < 4.78 is 1.97. The average Bonchev–Trinajstić information content (AvgIpc) is 3.23. The Morgan fingerprint density at radius 1 is 1.23 bits per heavy atom. The fourth-order valence-corrected chi connectivity index (χ4v) is 5.82. The number of benzene rings is 1. The van der Waals surface area contributed by atoms with Gasteiger partial charge in [0.25, 0.3) is 0 Å². The summed E-state index contributed by atoms with van der Waals surface area (Å²) in [6, 6.07) is 8.69. The fraction of sp³-hybridized carbons (Fsp3) is 0.609. The van der Waals surface area contributed by atoms with Crippen molar-refractivity contribution in [2.24, 2.45) is 11.8 Å². The first-order valence-electron chi connectivity index (χ1n) is 11.6. The van der Waals surface area contributed by atoms with Crippen LogP contribution in [-0.4, -0.2) is 46.1 Å². The molecule has 4 aliphatic rings. The second-order valence-corrected chi connectivity index (χ2v) is 9.50. The first-order valence-corrected chi connectivity index (χ1v) is 11.6. The number of hydrogen-bond donors (Lipinski definition) is 3. The Hall–Kier alpha value is -2.41. The number of nitrogens with one attached hydrogen (secondary N) is 2. The molecule has 160 valence electrons. The number of piperidine rings is 3. The maximum atomic E-state index is 12.9. The zero-order valence-corrected chi connectivity index (χ0v) is 17.6. The van der Waals surface area contributed by atoms with Crippen LogP contribution in [0.15, 0.2) is 30.5 Å². The highest BCUT2D eigenvalue weighted by molar-refractivity contribution is 5.79. The molecule has 0 spiro atoms. The molecule has 4 fully saturated rings. The molecular formula is C23H33N6O+. The molecular weight excluding hydrogens is 376 g/mol. The van der Waals surface area contributed by atoms with E-state index in [9.17, 15) is 4.79 Å². The van der Waals surface area contributed by atoms with Crippen LogP contribution in [0.25, 0.3) is 11.3 Å². The third kappa shape index (κ3) is 4.08. The molecule has 3 aliphatic heterocycles. The monoisotopic (exact) mass is 409 g/mol. The number of anilines is 1. The lowest BCUT2D eigenvalue weighted by Crippen LogP contribution is -3.20. The van der Waals surface area contributed by atoms with Crippen LogP contribution < -0.4 is 16.0 Å². The normalized spacial score (nSPS) is 29.1. The molecule has 7 nitrogen and oxygen atoms in total. The van der Waals surface area contributed by atoms with Gasteiger partial charge in [0, 0.05) is 30.1 Å². The third-order valence-corrected chi connectivity index (χ3v) is 7.47. The van der Waals surface area contributed by atoms with E-state index in [2.05, 4.69) is 15.6 Å².